The fraction of sp³-hybridized carbons (Fsp3) is 0.565. The number of Topliss-reactive ketones (excluding diaryl/α,β-unsaturated/α-hetero) is 1. The number of hydrogen-bond donors (Lipinski definition) is 1. The van der Waals surface area contributed by atoms with Crippen LogP contribution in [0.25, 0.3) is 0 Å². The van der Waals surface area contributed by atoms with Gasteiger partial charge in [-0.15, -0.1) is 0 Å². The number of piperidine rings is 1. The Morgan fingerprint density at radius 3 is 2.45 bits per heavy atom. The minimum Gasteiger partial charge on any atom is -0.343 e. The number of ketones is 1. The Kier molecular flexibility index (Phi) is 6.67. The maximum atomic E-state index is 13.2. The Bertz CT molecular complexity index is 1130. The van der Waals surface area contributed by atoms with Gasteiger partial charge in [-0.25, -0.2) is 8.42 Å². The molecule has 10 heteroatoms. The molecule has 0 atom stereocenters. The first kappa shape index (κ1) is 23.6. The molecule has 1 saturated heterocycles. The smallest absolute Gasteiger partial charge is 0.243 e. The first-order chi connectivity index (χ1) is 15.7. The molecule has 178 valence electrons. The molecule has 1 aromatic carbocycles. The number of benzene rings is 1. The molecule has 2 aliphatic rings. The Morgan fingerprint density at radius 2 is 1.85 bits per heavy atom. The van der Waals surface area contributed by atoms with Crippen molar-refractivity contribution >= 4 is 21.7 Å². The lowest BCUT2D eigenvalue weighted by Crippen LogP contribution is -2.51. The van der Waals surface area contributed by atoms with Crippen LogP contribution in [0.1, 0.15) is 73.9 Å². The number of nitrogens with one attached hydrogen (secondary N) is 1. The second-order valence-electron chi connectivity index (χ2n) is 9.03. The minimum atomic E-state index is -3.73. The molecular formula is C23H30N4O5S. The van der Waals surface area contributed by atoms with E-state index in [0.29, 0.717) is 30.1 Å². The number of nitrogens with zero attached hydrogens (tertiary/aromatic N) is 3. The highest BCUT2D eigenvalue weighted by Gasteiger charge is 2.42. The fourth-order valence-corrected chi connectivity index (χ4v) is 6.29. The van der Waals surface area contributed by atoms with E-state index in [1.165, 1.54) is 23.4 Å². The van der Waals surface area contributed by atoms with Crippen LogP contribution in [-0.2, 0) is 20.4 Å². The predicted octanol–water partition coefficient (Wildman–Crippen LogP) is 2.96. The number of rotatable bonds is 6. The van der Waals surface area contributed by atoms with E-state index < -0.39 is 15.6 Å². The monoisotopic (exact) mass is 474 g/mol. The SMILES string of the molecule is CC(=O)c1cccc(S(=O)(=O)N2CCC(C(=O)NC3(c4noc(C)n4)CCCCC3)CC2)c1. The molecule has 2 fully saturated rings. The lowest BCUT2D eigenvalue weighted by atomic mass is 9.80. The van der Waals surface area contributed by atoms with Gasteiger partial charge in [0.15, 0.2) is 11.6 Å². The fourth-order valence-electron chi connectivity index (χ4n) is 4.77. The zero-order valence-corrected chi connectivity index (χ0v) is 19.9. The number of aromatic nitrogens is 2. The highest BCUT2D eigenvalue weighted by molar-refractivity contribution is 7.89. The predicted molar refractivity (Wildman–Crippen MR) is 120 cm³/mol. The second kappa shape index (κ2) is 9.34. The van der Waals surface area contributed by atoms with Crippen LogP contribution in [0.5, 0.6) is 0 Å². The van der Waals surface area contributed by atoms with E-state index in [0.717, 1.165) is 32.1 Å². The number of hydrogen-bond acceptors (Lipinski definition) is 7. The van der Waals surface area contributed by atoms with Gasteiger partial charge in [0.25, 0.3) is 0 Å². The quantitative estimate of drug-likeness (QED) is 0.639. The average molecular weight is 475 g/mol. The Hall–Kier alpha value is -2.59. The normalized spacial score (nSPS) is 19.8. The second-order valence-corrected chi connectivity index (χ2v) is 11.0. The van der Waals surface area contributed by atoms with Crippen LogP contribution < -0.4 is 5.32 Å². The summed E-state index contributed by atoms with van der Waals surface area (Å²) in [6.07, 6.45) is 5.44. The van der Waals surface area contributed by atoms with Crippen molar-refractivity contribution in [3.05, 3.63) is 41.5 Å². The standard InChI is InChI=1S/C23H30N4O5S/c1-16(28)19-7-6-8-20(15-19)33(30,31)27-13-9-18(10-14-27)21(29)25-23(11-4-3-5-12-23)22-24-17(2)32-26-22/h6-8,15,18H,3-5,9-14H2,1-2H3,(H,25,29). The summed E-state index contributed by atoms with van der Waals surface area (Å²) in [5.74, 6) is 0.438. The first-order valence-electron chi connectivity index (χ1n) is 11.5. The zero-order chi connectivity index (χ0) is 23.6. The van der Waals surface area contributed by atoms with Gasteiger partial charge < -0.3 is 9.84 Å². The van der Waals surface area contributed by atoms with Gasteiger partial charge in [-0.3, -0.25) is 9.59 Å². The van der Waals surface area contributed by atoms with Gasteiger partial charge in [-0.2, -0.15) is 9.29 Å². The molecule has 1 saturated carbocycles. The summed E-state index contributed by atoms with van der Waals surface area (Å²) in [4.78, 5) is 29.3. The van der Waals surface area contributed by atoms with Gasteiger partial charge in [-0.1, -0.05) is 36.6 Å². The van der Waals surface area contributed by atoms with Gasteiger partial charge in [-0.05, 0) is 44.7 Å². The molecular weight excluding hydrogens is 444 g/mol. The minimum absolute atomic E-state index is 0.0880. The van der Waals surface area contributed by atoms with Crippen LogP contribution in [0.3, 0.4) is 0 Å². The topological polar surface area (TPSA) is 122 Å². The van der Waals surface area contributed by atoms with Crippen molar-refractivity contribution in [3.63, 3.8) is 0 Å². The van der Waals surface area contributed by atoms with Crippen molar-refractivity contribution in [2.45, 2.75) is 69.2 Å². The van der Waals surface area contributed by atoms with E-state index in [2.05, 4.69) is 15.5 Å². The van der Waals surface area contributed by atoms with Crippen molar-refractivity contribution in [1.29, 1.82) is 0 Å². The van der Waals surface area contributed by atoms with Crippen LogP contribution in [0.4, 0.5) is 0 Å². The number of aryl methyl sites for hydroxylation is 1. The highest BCUT2D eigenvalue weighted by Crippen LogP contribution is 2.36. The molecule has 2 heterocycles. The van der Waals surface area contributed by atoms with Crippen LogP contribution in [-0.4, -0.2) is 47.6 Å². The zero-order valence-electron chi connectivity index (χ0n) is 19.0. The molecule has 2 aromatic rings. The van der Waals surface area contributed by atoms with Crippen molar-refractivity contribution in [1.82, 2.24) is 19.8 Å². The molecule has 4 rings (SSSR count). The third kappa shape index (κ3) is 4.86. The van der Waals surface area contributed by atoms with Crippen LogP contribution in [0.2, 0.25) is 0 Å². The molecule has 33 heavy (non-hydrogen) atoms. The highest BCUT2D eigenvalue weighted by atomic mass is 32.2. The summed E-state index contributed by atoms with van der Waals surface area (Å²) in [6.45, 7) is 3.64. The van der Waals surface area contributed by atoms with Gasteiger partial charge in [0.1, 0.15) is 5.54 Å². The van der Waals surface area contributed by atoms with Crippen LogP contribution >= 0.6 is 0 Å². The Labute approximate surface area is 194 Å². The Morgan fingerprint density at radius 1 is 1.15 bits per heavy atom. The van der Waals surface area contributed by atoms with Crippen LogP contribution in [0.15, 0.2) is 33.7 Å². The summed E-state index contributed by atoms with van der Waals surface area (Å²) < 4.78 is 32.7. The van der Waals surface area contributed by atoms with E-state index in [1.54, 1.807) is 19.1 Å². The van der Waals surface area contributed by atoms with Crippen molar-refractivity contribution in [2.24, 2.45) is 5.92 Å². The van der Waals surface area contributed by atoms with Gasteiger partial charge in [0.2, 0.25) is 21.8 Å². The summed E-state index contributed by atoms with van der Waals surface area (Å²) >= 11 is 0. The molecule has 0 radical (unpaired) electrons. The van der Waals surface area contributed by atoms with E-state index in [4.69, 9.17) is 4.52 Å². The summed E-state index contributed by atoms with van der Waals surface area (Å²) in [7, 11) is -3.73. The van der Waals surface area contributed by atoms with E-state index in [-0.39, 0.29) is 35.6 Å². The van der Waals surface area contributed by atoms with E-state index in [1.807, 2.05) is 0 Å². The molecule has 1 aromatic heterocycles. The van der Waals surface area contributed by atoms with Crippen LogP contribution in [0, 0.1) is 12.8 Å². The maximum Gasteiger partial charge on any atom is 0.243 e. The average Bonchev–Trinajstić information content (AvgIpc) is 3.27. The van der Waals surface area contributed by atoms with E-state index in [9.17, 15) is 18.0 Å². The lowest BCUT2D eigenvalue weighted by Gasteiger charge is -2.38. The number of sulfonamides is 1. The Balaban J connectivity index is 1.43. The molecule has 0 spiro atoms. The first-order valence-corrected chi connectivity index (χ1v) is 12.9. The summed E-state index contributed by atoms with van der Waals surface area (Å²) in [5, 5.41) is 7.30. The summed E-state index contributed by atoms with van der Waals surface area (Å²) in [5.41, 5.74) is -0.261. The number of carbonyl (C=O) groups is 2. The third-order valence-electron chi connectivity index (χ3n) is 6.73. The largest absolute Gasteiger partial charge is 0.343 e. The van der Waals surface area contributed by atoms with Crippen molar-refractivity contribution < 1.29 is 22.5 Å². The lowest BCUT2D eigenvalue weighted by molar-refractivity contribution is -0.129. The van der Waals surface area contributed by atoms with Gasteiger partial charge in [0.05, 0.1) is 4.90 Å². The maximum absolute atomic E-state index is 13.2. The molecule has 1 amide bonds. The molecule has 0 bridgehead atoms. The van der Waals surface area contributed by atoms with Crippen molar-refractivity contribution in [2.75, 3.05) is 13.1 Å². The third-order valence-corrected chi connectivity index (χ3v) is 8.62. The summed E-state index contributed by atoms with van der Waals surface area (Å²) in [6, 6.07) is 6.09. The molecule has 9 nitrogen and oxygen atoms in total. The van der Waals surface area contributed by atoms with E-state index >= 15 is 0 Å². The molecule has 1 N–H and O–H groups in total. The van der Waals surface area contributed by atoms with Gasteiger partial charge >= 0.3 is 0 Å². The van der Waals surface area contributed by atoms with Gasteiger partial charge in [0, 0.05) is 31.5 Å². The molecule has 1 aliphatic heterocycles. The van der Waals surface area contributed by atoms with Crippen molar-refractivity contribution in [3.8, 4) is 0 Å². The molecule has 1 aliphatic carbocycles. The number of amides is 1. The molecule has 0 unspecified atom stereocenters. The number of carbonyl (C=O) groups excluding carboxylic acids is 2.